The summed E-state index contributed by atoms with van der Waals surface area (Å²) in [6, 6.07) is 6.72. The molecule has 0 saturated heterocycles. The molecule has 2 heterocycles. The first-order valence-electron chi connectivity index (χ1n) is 11.5. The number of methoxy groups -OCH3 is 1. The van der Waals surface area contributed by atoms with Crippen molar-refractivity contribution in [2.24, 2.45) is 5.92 Å². The minimum Gasteiger partial charge on any atom is -0.496 e. The van der Waals surface area contributed by atoms with E-state index in [0.29, 0.717) is 30.1 Å². The summed E-state index contributed by atoms with van der Waals surface area (Å²) in [7, 11) is 1.43. The molecule has 0 saturated carbocycles. The molecule has 0 aliphatic carbocycles. The first-order chi connectivity index (χ1) is 17.1. The summed E-state index contributed by atoms with van der Waals surface area (Å²) < 4.78 is 16.4. The zero-order valence-electron chi connectivity index (χ0n) is 21.0. The van der Waals surface area contributed by atoms with Crippen LogP contribution in [-0.4, -0.2) is 53.0 Å². The summed E-state index contributed by atoms with van der Waals surface area (Å²) in [6.45, 7) is 8.55. The zero-order valence-corrected chi connectivity index (χ0v) is 21.8. The number of alkyl carbamates (subject to hydrolysis) is 1. The van der Waals surface area contributed by atoms with Crippen molar-refractivity contribution in [2.75, 3.05) is 20.3 Å². The largest absolute Gasteiger partial charge is 0.496 e. The molecule has 0 bridgehead atoms. The van der Waals surface area contributed by atoms with Crippen LogP contribution in [-0.2, 0) is 4.74 Å². The maximum atomic E-state index is 11.8. The molecular formula is C26H31N3O6S. The number of hydrogen-bond acceptors (Lipinski definition) is 8. The fourth-order valence-corrected chi connectivity index (χ4v) is 4.01. The number of rotatable bonds is 10. The van der Waals surface area contributed by atoms with E-state index in [1.807, 2.05) is 39.1 Å². The summed E-state index contributed by atoms with van der Waals surface area (Å²) in [6.07, 6.45) is 3.64. The number of aromatic carboxylic acids is 1. The van der Waals surface area contributed by atoms with E-state index in [4.69, 9.17) is 14.2 Å². The lowest BCUT2D eigenvalue weighted by atomic mass is 10.1. The number of ether oxygens (including phenoxy) is 3. The van der Waals surface area contributed by atoms with Crippen molar-refractivity contribution < 1.29 is 28.9 Å². The number of carboxylic acids is 1. The number of nitrogens with zero attached hydrogens (tertiary/aromatic N) is 2. The first-order valence-corrected chi connectivity index (χ1v) is 12.4. The molecule has 0 fully saturated rings. The highest BCUT2D eigenvalue weighted by molar-refractivity contribution is 7.13. The maximum absolute atomic E-state index is 11.8. The molecule has 0 unspecified atom stereocenters. The van der Waals surface area contributed by atoms with Crippen molar-refractivity contribution >= 4 is 23.4 Å². The van der Waals surface area contributed by atoms with Crippen molar-refractivity contribution in [3.05, 3.63) is 47.6 Å². The number of carbonyl (C=O) groups excluding carboxylic acids is 1. The van der Waals surface area contributed by atoms with E-state index in [-0.39, 0.29) is 17.2 Å². The third-order valence-corrected chi connectivity index (χ3v) is 5.99. The van der Waals surface area contributed by atoms with E-state index >= 15 is 0 Å². The molecule has 3 aromatic rings. The average Bonchev–Trinajstić information content (AvgIpc) is 3.30. The van der Waals surface area contributed by atoms with Gasteiger partial charge in [0.1, 0.15) is 22.7 Å². The normalized spacial score (nSPS) is 12.0. The van der Waals surface area contributed by atoms with Crippen molar-refractivity contribution in [1.82, 2.24) is 15.3 Å². The van der Waals surface area contributed by atoms with E-state index in [0.717, 1.165) is 17.0 Å². The van der Waals surface area contributed by atoms with Gasteiger partial charge in [0, 0.05) is 23.6 Å². The smallest absolute Gasteiger partial charge is 0.407 e. The lowest BCUT2D eigenvalue weighted by molar-refractivity contribution is 0.0517. The summed E-state index contributed by atoms with van der Waals surface area (Å²) >= 11 is 1.50. The number of carbonyl (C=O) groups is 2. The summed E-state index contributed by atoms with van der Waals surface area (Å²) in [4.78, 5) is 33.0. The van der Waals surface area contributed by atoms with Gasteiger partial charge in [-0.25, -0.2) is 14.6 Å². The van der Waals surface area contributed by atoms with Crippen LogP contribution >= 0.6 is 11.3 Å². The van der Waals surface area contributed by atoms with Gasteiger partial charge >= 0.3 is 12.1 Å². The van der Waals surface area contributed by atoms with Gasteiger partial charge in [-0.2, -0.15) is 0 Å². The van der Waals surface area contributed by atoms with Crippen molar-refractivity contribution in [3.8, 4) is 33.3 Å². The van der Waals surface area contributed by atoms with E-state index in [1.54, 1.807) is 24.5 Å². The Balaban J connectivity index is 1.57. The van der Waals surface area contributed by atoms with Gasteiger partial charge in [0.05, 0.1) is 42.4 Å². The van der Waals surface area contributed by atoms with Gasteiger partial charge in [0.25, 0.3) is 0 Å². The average molecular weight is 514 g/mol. The molecule has 192 valence electrons. The van der Waals surface area contributed by atoms with Crippen LogP contribution in [0.5, 0.6) is 11.5 Å². The third-order valence-electron chi connectivity index (χ3n) is 5.06. The molecule has 0 aliphatic rings. The Kier molecular flexibility index (Phi) is 8.87. The Morgan fingerprint density at radius 3 is 2.61 bits per heavy atom. The van der Waals surface area contributed by atoms with Crippen LogP contribution in [0.15, 0.2) is 42.0 Å². The van der Waals surface area contributed by atoms with Crippen molar-refractivity contribution in [2.45, 2.75) is 39.7 Å². The standard InChI is InChI=1S/C26H31N3O6S/c1-16(12-28-25(32)35-26(2,3)4)8-9-34-18-11-23(36-15-18)21-14-27-13-20(29-21)17-6-7-19(24(30)31)22(10-17)33-5/h6-7,10-11,13-16H,8-9,12H2,1-5H3,(H,28,32)(H,30,31)/t16-/m0/s1. The molecular weight excluding hydrogens is 482 g/mol. The number of carboxylic acid groups (broad SMARTS) is 1. The molecule has 0 spiro atoms. The van der Waals surface area contributed by atoms with Gasteiger partial charge in [-0.15, -0.1) is 11.3 Å². The van der Waals surface area contributed by atoms with Gasteiger partial charge in [0.15, 0.2) is 0 Å². The van der Waals surface area contributed by atoms with E-state index < -0.39 is 17.7 Å². The summed E-state index contributed by atoms with van der Waals surface area (Å²) in [5.41, 5.74) is 1.55. The number of hydrogen-bond donors (Lipinski definition) is 2. The Bertz CT molecular complexity index is 1200. The van der Waals surface area contributed by atoms with Crippen LogP contribution in [0, 0.1) is 5.92 Å². The SMILES string of the molecule is COc1cc(-c2cncc(-c3cc(OCC[C@H](C)CNC(=O)OC(C)(C)C)cs3)n2)ccc1C(=O)O. The van der Waals surface area contributed by atoms with E-state index in [2.05, 4.69) is 15.3 Å². The third kappa shape index (κ3) is 7.67. The molecule has 1 atom stereocenters. The Labute approximate surface area is 214 Å². The van der Waals surface area contributed by atoms with Crippen LogP contribution in [0.25, 0.3) is 21.8 Å². The number of benzene rings is 1. The fraction of sp³-hybridized carbons (Fsp3) is 0.385. The van der Waals surface area contributed by atoms with Crippen LogP contribution in [0.3, 0.4) is 0 Å². The number of amides is 1. The molecule has 9 nitrogen and oxygen atoms in total. The second-order valence-corrected chi connectivity index (χ2v) is 10.2. The molecule has 0 aliphatic heterocycles. The van der Waals surface area contributed by atoms with Crippen LogP contribution in [0.4, 0.5) is 4.79 Å². The van der Waals surface area contributed by atoms with Crippen LogP contribution in [0.2, 0.25) is 0 Å². The molecule has 0 radical (unpaired) electrons. The van der Waals surface area contributed by atoms with Crippen molar-refractivity contribution in [1.29, 1.82) is 0 Å². The van der Waals surface area contributed by atoms with Crippen LogP contribution < -0.4 is 14.8 Å². The summed E-state index contributed by atoms with van der Waals surface area (Å²) in [5, 5.41) is 14.0. The van der Waals surface area contributed by atoms with E-state index in [1.165, 1.54) is 24.5 Å². The molecule has 2 N–H and O–H groups in total. The van der Waals surface area contributed by atoms with Gasteiger partial charge in [-0.05, 0) is 45.2 Å². The maximum Gasteiger partial charge on any atom is 0.407 e. The topological polar surface area (TPSA) is 120 Å². The Hall–Kier alpha value is -3.66. The quantitative estimate of drug-likeness (QED) is 0.364. The predicted octanol–water partition coefficient (Wildman–Crippen LogP) is 5.51. The van der Waals surface area contributed by atoms with Gasteiger partial charge in [-0.3, -0.25) is 4.98 Å². The fourth-order valence-electron chi connectivity index (χ4n) is 3.23. The highest BCUT2D eigenvalue weighted by Gasteiger charge is 2.17. The summed E-state index contributed by atoms with van der Waals surface area (Å²) in [5.74, 6) is 0.164. The number of aromatic nitrogens is 2. The first kappa shape index (κ1) is 26.9. The molecule has 2 aromatic heterocycles. The molecule has 36 heavy (non-hydrogen) atoms. The highest BCUT2D eigenvalue weighted by atomic mass is 32.1. The Morgan fingerprint density at radius 1 is 1.17 bits per heavy atom. The monoisotopic (exact) mass is 513 g/mol. The van der Waals surface area contributed by atoms with E-state index in [9.17, 15) is 14.7 Å². The predicted molar refractivity (Wildman–Crippen MR) is 138 cm³/mol. The lowest BCUT2D eigenvalue weighted by Gasteiger charge is -2.20. The van der Waals surface area contributed by atoms with Crippen LogP contribution in [0.1, 0.15) is 44.5 Å². The Morgan fingerprint density at radius 2 is 1.92 bits per heavy atom. The zero-order chi connectivity index (χ0) is 26.3. The molecule has 10 heteroatoms. The molecule has 3 rings (SSSR count). The van der Waals surface area contributed by atoms with Gasteiger partial charge in [0.2, 0.25) is 0 Å². The number of thiophene rings is 1. The lowest BCUT2D eigenvalue weighted by Crippen LogP contribution is -2.35. The van der Waals surface area contributed by atoms with Crippen molar-refractivity contribution in [3.63, 3.8) is 0 Å². The second-order valence-electron chi connectivity index (χ2n) is 9.28. The minimum absolute atomic E-state index is 0.0837. The van der Waals surface area contributed by atoms with Gasteiger partial charge in [-0.1, -0.05) is 13.0 Å². The minimum atomic E-state index is -1.06. The molecule has 1 amide bonds. The molecule has 1 aromatic carbocycles. The number of nitrogens with one attached hydrogen (secondary N) is 1. The second kappa shape index (κ2) is 11.9. The highest BCUT2D eigenvalue weighted by Crippen LogP contribution is 2.32. The van der Waals surface area contributed by atoms with Gasteiger partial charge < -0.3 is 24.6 Å².